The van der Waals surface area contributed by atoms with Crippen LogP contribution in [-0.4, -0.2) is 18.9 Å². The first kappa shape index (κ1) is 17.3. The predicted octanol–water partition coefficient (Wildman–Crippen LogP) is 4.00. The molecule has 0 unspecified atom stereocenters. The number of methoxy groups -OCH3 is 1. The van der Waals surface area contributed by atoms with Crippen molar-refractivity contribution in [2.24, 2.45) is 0 Å². The van der Waals surface area contributed by atoms with E-state index in [0.29, 0.717) is 22.1 Å². The molecule has 2 aromatic carbocycles. The molecule has 23 heavy (non-hydrogen) atoms. The van der Waals surface area contributed by atoms with Crippen molar-refractivity contribution in [3.63, 3.8) is 0 Å². The maximum Gasteiger partial charge on any atom is 0.314 e. The Kier molecular flexibility index (Phi) is 5.63. The number of amides is 2. The molecule has 0 aliphatic rings. The second-order valence-electron chi connectivity index (χ2n) is 4.72. The number of benzene rings is 2. The summed E-state index contributed by atoms with van der Waals surface area (Å²) < 4.78 is 6.03. The van der Waals surface area contributed by atoms with Crippen LogP contribution in [0.15, 0.2) is 40.9 Å². The SMILES string of the molecule is COc1cc(Cl)c(C)cc1NC(=O)C(=O)Nc1ccc(Br)cc1. The fourth-order valence-electron chi connectivity index (χ4n) is 1.83. The van der Waals surface area contributed by atoms with Gasteiger partial charge in [-0.25, -0.2) is 0 Å². The van der Waals surface area contributed by atoms with E-state index in [-0.39, 0.29) is 0 Å². The van der Waals surface area contributed by atoms with Crippen molar-refractivity contribution in [1.29, 1.82) is 0 Å². The highest BCUT2D eigenvalue weighted by Gasteiger charge is 2.17. The van der Waals surface area contributed by atoms with Crippen LogP contribution >= 0.6 is 27.5 Å². The molecule has 0 fully saturated rings. The second kappa shape index (κ2) is 7.48. The largest absolute Gasteiger partial charge is 0.495 e. The van der Waals surface area contributed by atoms with Crippen molar-refractivity contribution in [2.75, 3.05) is 17.7 Å². The fraction of sp³-hybridized carbons (Fsp3) is 0.125. The minimum atomic E-state index is -0.798. The van der Waals surface area contributed by atoms with Crippen molar-refractivity contribution in [1.82, 2.24) is 0 Å². The molecule has 2 aromatic rings. The average Bonchev–Trinajstić information content (AvgIpc) is 2.52. The number of anilines is 2. The van der Waals surface area contributed by atoms with Gasteiger partial charge >= 0.3 is 11.8 Å². The third-order valence-electron chi connectivity index (χ3n) is 3.04. The minimum Gasteiger partial charge on any atom is -0.495 e. The number of carbonyl (C=O) groups is 2. The number of rotatable bonds is 3. The van der Waals surface area contributed by atoms with Gasteiger partial charge in [0.1, 0.15) is 5.75 Å². The van der Waals surface area contributed by atoms with Gasteiger partial charge in [0.25, 0.3) is 0 Å². The van der Waals surface area contributed by atoms with Crippen LogP contribution in [0.25, 0.3) is 0 Å². The number of hydrogen-bond acceptors (Lipinski definition) is 3. The molecule has 0 bridgehead atoms. The Bertz CT molecular complexity index is 748. The molecular weight excluding hydrogens is 384 g/mol. The molecule has 0 aliphatic heterocycles. The van der Waals surface area contributed by atoms with Gasteiger partial charge in [0.15, 0.2) is 0 Å². The Balaban J connectivity index is 2.10. The molecule has 0 saturated carbocycles. The molecule has 0 radical (unpaired) electrons. The summed E-state index contributed by atoms with van der Waals surface area (Å²) in [6.07, 6.45) is 0. The first-order valence-corrected chi connectivity index (χ1v) is 7.80. The molecule has 0 atom stereocenters. The Morgan fingerprint density at radius 2 is 1.70 bits per heavy atom. The van der Waals surface area contributed by atoms with Crippen LogP contribution in [0.4, 0.5) is 11.4 Å². The summed E-state index contributed by atoms with van der Waals surface area (Å²) in [4.78, 5) is 24.0. The maximum atomic E-state index is 12.0. The second-order valence-corrected chi connectivity index (χ2v) is 6.04. The number of nitrogens with one attached hydrogen (secondary N) is 2. The van der Waals surface area contributed by atoms with E-state index in [4.69, 9.17) is 16.3 Å². The zero-order chi connectivity index (χ0) is 17.0. The molecule has 5 nitrogen and oxygen atoms in total. The lowest BCUT2D eigenvalue weighted by Crippen LogP contribution is -2.29. The summed E-state index contributed by atoms with van der Waals surface area (Å²) in [5, 5.41) is 5.54. The molecule has 2 amide bonds. The summed E-state index contributed by atoms with van der Waals surface area (Å²) in [6, 6.07) is 10.1. The highest BCUT2D eigenvalue weighted by Crippen LogP contribution is 2.30. The van der Waals surface area contributed by atoms with Gasteiger partial charge < -0.3 is 15.4 Å². The van der Waals surface area contributed by atoms with Gasteiger partial charge in [0.2, 0.25) is 0 Å². The van der Waals surface area contributed by atoms with Crippen LogP contribution in [0.2, 0.25) is 5.02 Å². The van der Waals surface area contributed by atoms with Gasteiger partial charge in [-0.2, -0.15) is 0 Å². The van der Waals surface area contributed by atoms with Crippen LogP contribution in [-0.2, 0) is 9.59 Å². The average molecular weight is 398 g/mol. The van der Waals surface area contributed by atoms with Crippen molar-refractivity contribution >= 4 is 50.7 Å². The Morgan fingerprint density at radius 1 is 1.09 bits per heavy atom. The van der Waals surface area contributed by atoms with Gasteiger partial charge in [-0.15, -0.1) is 0 Å². The van der Waals surface area contributed by atoms with Crippen LogP contribution in [0, 0.1) is 6.92 Å². The van der Waals surface area contributed by atoms with E-state index in [1.807, 2.05) is 0 Å². The Labute approximate surface area is 147 Å². The smallest absolute Gasteiger partial charge is 0.314 e. The van der Waals surface area contributed by atoms with Gasteiger partial charge in [0, 0.05) is 21.2 Å². The molecule has 0 aromatic heterocycles. The van der Waals surface area contributed by atoms with Crippen molar-refractivity contribution in [3.8, 4) is 5.75 Å². The zero-order valence-electron chi connectivity index (χ0n) is 12.4. The summed E-state index contributed by atoms with van der Waals surface area (Å²) >= 11 is 9.30. The maximum absolute atomic E-state index is 12.0. The third kappa shape index (κ3) is 4.46. The number of aryl methyl sites for hydroxylation is 1. The van der Waals surface area contributed by atoms with Crippen molar-refractivity contribution in [3.05, 3.63) is 51.5 Å². The zero-order valence-corrected chi connectivity index (χ0v) is 14.8. The molecule has 120 valence electrons. The van der Waals surface area contributed by atoms with Crippen LogP contribution in [0.5, 0.6) is 5.75 Å². The monoisotopic (exact) mass is 396 g/mol. The summed E-state index contributed by atoms with van der Waals surface area (Å²) in [5.74, 6) is -1.19. The molecule has 0 aliphatic carbocycles. The number of halogens is 2. The Morgan fingerprint density at radius 3 is 2.30 bits per heavy atom. The number of hydrogen-bond donors (Lipinski definition) is 2. The lowest BCUT2D eigenvalue weighted by atomic mass is 10.2. The highest BCUT2D eigenvalue weighted by molar-refractivity contribution is 9.10. The summed E-state index contributed by atoms with van der Waals surface area (Å²) in [5.41, 5.74) is 1.66. The quantitative estimate of drug-likeness (QED) is 0.769. The standard InChI is InChI=1S/C16H14BrClN2O3/c1-9-7-13(14(23-2)8-12(9)18)20-16(22)15(21)19-11-5-3-10(17)4-6-11/h3-8H,1-2H3,(H,19,21)(H,20,22). The lowest BCUT2D eigenvalue weighted by molar-refractivity contribution is -0.133. The van der Waals surface area contributed by atoms with E-state index in [0.717, 1.165) is 10.0 Å². The van der Waals surface area contributed by atoms with E-state index in [9.17, 15) is 9.59 Å². The van der Waals surface area contributed by atoms with Gasteiger partial charge in [-0.1, -0.05) is 27.5 Å². The third-order valence-corrected chi connectivity index (χ3v) is 3.97. The van der Waals surface area contributed by atoms with E-state index in [1.54, 1.807) is 43.3 Å². The molecule has 0 saturated heterocycles. The molecule has 2 rings (SSSR count). The first-order chi connectivity index (χ1) is 10.9. The van der Waals surface area contributed by atoms with Crippen molar-refractivity contribution < 1.29 is 14.3 Å². The van der Waals surface area contributed by atoms with Crippen molar-refractivity contribution in [2.45, 2.75) is 6.92 Å². The number of carbonyl (C=O) groups excluding carboxylic acids is 2. The Hall–Kier alpha value is -2.05. The van der Waals surface area contributed by atoms with E-state index < -0.39 is 11.8 Å². The van der Waals surface area contributed by atoms with Crippen LogP contribution < -0.4 is 15.4 Å². The molecule has 0 heterocycles. The van der Waals surface area contributed by atoms with E-state index in [2.05, 4.69) is 26.6 Å². The highest BCUT2D eigenvalue weighted by atomic mass is 79.9. The van der Waals surface area contributed by atoms with Crippen LogP contribution in [0.1, 0.15) is 5.56 Å². The van der Waals surface area contributed by atoms with E-state index in [1.165, 1.54) is 7.11 Å². The van der Waals surface area contributed by atoms with Gasteiger partial charge in [0.05, 0.1) is 12.8 Å². The fourth-order valence-corrected chi connectivity index (χ4v) is 2.25. The normalized spacial score (nSPS) is 10.1. The molecular formula is C16H14BrClN2O3. The summed E-state index contributed by atoms with van der Waals surface area (Å²) in [6.45, 7) is 1.79. The molecule has 7 heteroatoms. The molecule has 2 N–H and O–H groups in total. The lowest BCUT2D eigenvalue weighted by Gasteiger charge is -2.12. The molecule has 0 spiro atoms. The topological polar surface area (TPSA) is 67.4 Å². The summed E-state index contributed by atoms with van der Waals surface area (Å²) in [7, 11) is 1.46. The van der Waals surface area contributed by atoms with E-state index >= 15 is 0 Å². The first-order valence-electron chi connectivity index (χ1n) is 6.62. The van der Waals surface area contributed by atoms with Crippen LogP contribution in [0.3, 0.4) is 0 Å². The number of ether oxygens (including phenoxy) is 1. The minimum absolute atomic E-state index is 0.380. The van der Waals surface area contributed by atoms with Gasteiger partial charge in [-0.05, 0) is 42.8 Å². The van der Waals surface area contributed by atoms with Gasteiger partial charge in [-0.3, -0.25) is 9.59 Å². The predicted molar refractivity (Wildman–Crippen MR) is 94.1 cm³/mol.